The number of rotatable bonds is 1. The van der Waals surface area contributed by atoms with Crippen molar-refractivity contribution in [3.05, 3.63) is 34.1 Å². The Balaban J connectivity index is 2.93. The van der Waals surface area contributed by atoms with Crippen LogP contribution in [0.4, 0.5) is 0 Å². The maximum absolute atomic E-state index is 11.3. The van der Waals surface area contributed by atoms with Gasteiger partial charge >= 0.3 is 0 Å². The standard InChI is InChI=1S/C9H10N2O/c1-2-6-4-3-5-7-8(6)9(12)11-10-7/h3-5H,2H2,1H3,(H2,10,11,12). The van der Waals surface area contributed by atoms with Crippen molar-refractivity contribution in [1.82, 2.24) is 10.2 Å². The first-order valence-corrected chi connectivity index (χ1v) is 4.01. The average molecular weight is 162 g/mol. The summed E-state index contributed by atoms with van der Waals surface area (Å²) in [5, 5.41) is 6.19. The Kier molecular flexibility index (Phi) is 1.50. The molecule has 0 spiro atoms. The monoisotopic (exact) mass is 162 g/mol. The molecule has 2 N–H and O–H groups in total. The van der Waals surface area contributed by atoms with Crippen molar-refractivity contribution in [2.24, 2.45) is 0 Å². The molecule has 0 bridgehead atoms. The number of nitrogens with one attached hydrogen (secondary N) is 2. The topological polar surface area (TPSA) is 48.6 Å². The van der Waals surface area contributed by atoms with E-state index < -0.39 is 0 Å². The molecule has 3 heteroatoms. The van der Waals surface area contributed by atoms with Gasteiger partial charge in [0.1, 0.15) is 0 Å². The lowest BCUT2D eigenvalue weighted by Crippen LogP contribution is -2.00. The lowest BCUT2D eigenvalue weighted by Gasteiger charge is -1.95. The van der Waals surface area contributed by atoms with Gasteiger partial charge in [0.2, 0.25) is 0 Å². The molecule has 2 rings (SSSR count). The fourth-order valence-corrected chi connectivity index (χ4v) is 1.45. The Morgan fingerprint density at radius 1 is 1.33 bits per heavy atom. The molecule has 0 radical (unpaired) electrons. The van der Waals surface area contributed by atoms with Crippen molar-refractivity contribution in [2.75, 3.05) is 0 Å². The van der Waals surface area contributed by atoms with E-state index >= 15 is 0 Å². The summed E-state index contributed by atoms with van der Waals surface area (Å²) in [6.45, 7) is 2.04. The Morgan fingerprint density at radius 2 is 2.17 bits per heavy atom. The highest BCUT2D eigenvalue weighted by Crippen LogP contribution is 2.12. The Bertz CT molecular complexity index is 453. The zero-order valence-corrected chi connectivity index (χ0v) is 6.85. The van der Waals surface area contributed by atoms with Crippen molar-refractivity contribution in [1.29, 1.82) is 0 Å². The third-order valence-corrected chi connectivity index (χ3v) is 2.07. The largest absolute Gasteiger partial charge is 0.298 e. The van der Waals surface area contributed by atoms with E-state index in [9.17, 15) is 4.79 Å². The predicted molar refractivity (Wildman–Crippen MR) is 48.3 cm³/mol. The van der Waals surface area contributed by atoms with Crippen molar-refractivity contribution in [2.45, 2.75) is 13.3 Å². The molecule has 0 saturated carbocycles. The van der Waals surface area contributed by atoms with Gasteiger partial charge in [-0.1, -0.05) is 19.1 Å². The molecule has 0 aliphatic rings. The summed E-state index contributed by atoms with van der Waals surface area (Å²) in [6.07, 6.45) is 0.887. The molecule has 12 heavy (non-hydrogen) atoms. The first-order valence-electron chi connectivity index (χ1n) is 4.01. The highest BCUT2D eigenvalue weighted by atomic mass is 16.1. The van der Waals surface area contributed by atoms with E-state index in [1.165, 1.54) is 0 Å². The van der Waals surface area contributed by atoms with E-state index in [1.54, 1.807) is 0 Å². The number of benzene rings is 1. The van der Waals surface area contributed by atoms with E-state index in [2.05, 4.69) is 10.2 Å². The molecule has 0 atom stereocenters. The summed E-state index contributed by atoms with van der Waals surface area (Å²) in [4.78, 5) is 11.3. The number of aromatic amines is 2. The first kappa shape index (κ1) is 7.16. The number of hydrogen-bond donors (Lipinski definition) is 2. The van der Waals surface area contributed by atoms with Crippen molar-refractivity contribution in [3.63, 3.8) is 0 Å². The quantitative estimate of drug-likeness (QED) is 0.654. The van der Waals surface area contributed by atoms with E-state index in [0.717, 1.165) is 22.9 Å². The van der Waals surface area contributed by atoms with Crippen LogP contribution in [0.15, 0.2) is 23.0 Å². The molecule has 0 aliphatic heterocycles. The van der Waals surface area contributed by atoms with Gasteiger partial charge in [-0.15, -0.1) is 0 Å². The lowest BCUT2D eigenvalue weighted by atomic mass is 10.1. The minimum absolute atomic E-state index is 0.0255. The average Bonchev–Trinajstić information content (AvgIpc) is 2.48. The smallest absolute Gasteiger partial charge is 0.272 e. The summed E-state index contributed by atoms with van der Waals surface area (Å²) in [7, 11) is 0. The van der Waals surface area contributed by atoms with Crippen LogP contribution in [-0.2, 0) is 6.42 Å². The Labute approximate surface area is 69.4 Å². The zero-order chi connectivity index (χ0) is 8.55. The number of hydrogen-bond acceptors (Lipinski definition) is 1. The van der Waals surface area contributed by atoms with Crippen LogP contribution < -0.4 is 5.56 Å². The van der Waals surface area contributed by atoms with Crippen LogP contribution in [0, 0.1) is 0 Å². The third-order valence-electron chi connectivity index (χ3n) is 2.07. The van der Waals surface area contributed by atoms with E-state index in [4.69, 9.17) is 0 Å². The molecule has 2 aromatic rings. The second-order valence-electron chi connectivity index (χ2n) is 2.77. The van der Waals surface area contributed by atoms with Gasteiger partial charge < -0.3 is 0 Å². The van der Waals surface area contributed by atoms with Gasteiger partial charge in [0.15, 0.2) is 0 Å². The molecule has 62 valence electrons. The fraction of sp³-hybridized carbons (Fsp3) is 0.222. The van der Waals surface area contributed by atoms with Crippen molar-refractivity contribution < 1.29 is 0 Å². The maximum Gasteiger partial charge on any atom is 0.272 e. The highest BCUT2D eigenvalue weighted by molar-refractivity contribution is 5.81. The molecule has 0 unspecified atom stereocenters. The molecule has 3 nitrogen and oxygen atoms in total. The van der Waals surface area contributed by atoms with Crippen molar-refractivity contribution in [3.8, 4) is 0 Å². The van der Waals surface area contributed by atoms with Crippen LogP contribution in [0.25, 0.3) is 10.9 Å². The maximum atomic E-state index is 11.3. The normalized spacial score (nSPS) is 10.8. The summed E-state index contributed by atoms with van der Waals surface area (Å²) in [5.41, 5.74) is 1.96. The number of aryl methyl sites for hydroxylation is 1. The number of aromatic nitrogens is 2. The first-order chi connectivity index (χ1) is 5.83. The van der Waals surface area contributed by atoms with Gasteiger partial charge in [0.05, 0.1) is 10.9 Å². The van der Waals surface area contributed by atoms with Crippen LogP contribution in [-0.4, -0.2) is 10.2 Å². The van der Waals surface area contributed by atoms with Gasteiger partial charge in [-0.2, -0.15) is 0 Å². The summed E-state index contributed by atoms with van der Waals surface area (Å²) < 4.78 is 0. The van der Waals surface area contributed by atoms with Gasteiger partial charge in [0, 0.05) is 0 Å². The van der Waals surface area contributed by atoms with E-state index in [0.29, 0.717) is 0 Å². The van der Waals surface area contributed by atoms with Gasteiger partial charge in [-0.25, -0.2) is 0 Å². The summed E-state index contributed by atoms with van der Waals surface area (Å²) in [6, 6.07) is 5.82. The number of H-pyrrole nitrogens is 2. The molecule has 1 aromatic carbocycles. The molecule has 0 fully saturated rings. The SMILES string of the molecule is CCc1cccc2[nH][nH]c(=O)c12. The van der Waals surface area contributed by atoms with Crippen LogP contribution in [0.1, 0.15) is 12.5 Å². The van der Waals surface area contributed by atoms with Crippen molar-refractivity contribution >= 4 is 10.9 Å². The van der Waals surface area contributed by atoms with Crippen LogP contribution in [0.3, 0.4) is 0 Å². The lowest BCUT2D eigenvalue weighted by molar-refractivity contribution is 1.08. The van der Waals surface area contributed by atoms with Gasteiger partial charge in [-0.05, 0) is 18.1 Å². The second-order valence-corrected chi connectivity index (χ2v) is 2.77. The van der Waals surface area contributed by atoms with Crippen LogP contribution >= 0.6 is 0 Å². The molecule has 1 aromatic heterocycles. The van der Waals surface area contributed by atoms with Crippen LogP contribution in [0.5, 0.6) is 0 Å². The highest BCUT2D eigenvalue weighted by Gasteiger charge is 2.03. The van der Waals surface area contributed by atoms with E-state index in [1.807, 2.05) is 25.1 Å². The van der Waals surface area contributed by atoms with Crippen LogP contribution in [0.2, 0.25) is 0 Å². The fourth-order valence-electron chi connectivity index (χ4n) is 1.45. The minimum atomic E-state index is -0.0255. The third kappa shape index (κ3) is 0.863. The molecular formula is C9H10N2O. The molecular weight excluding hydrogens is 152 g/mol. The number of fused-ring (bicyclic) bond motifs is 1. The van der Waals surface area contributed by atoms with E-state index in [-0.39, 0.29) is 5.56 Å². The van der Waals surface area contributed by atoms with Gasteiger partial charge in [-0.3, -0.25) is 15.0 Å². The zero-order valence-electron chi connectivity index (χ0n) is 6.85. The summed E-state index contributed by atoms with van der Waals surface area (Å²) in [5.74, 6) is 0. The molecule has 1 heterocycles. The van der Waals surface area contributed by atoms with Gasteiger partial charge in [0.25, 0.3) is 5.56 Å². The molecule has 0 aliphatic carbocycles. The predicted octanol–water partition coefficient (Wildman–Crippen LogP) is 1.42. The summed E-state index contributed by atoms with van der Waals surface area (Å²) >= 11 is 0. The Morgan fingerprint density at radius 3 is 2.92 bits per heavy atom. The molecule has 0 saturated heterocycles. The molecule has 0 amide bonds. The second kappa shape index (κ2) is 2.52. The Hall–Kier alpha value is -1.51. The minimum Gasteiger partial charge on any atom is -0.298 e.